The van der Waals surface area contributed by atoms with Crippen molar-refractivity contribution in [2.75, 3.05) is 21.2 Å². The van der Waals surface area contributed by atoms with Crippen LogP contribution in [0.3, 0.4) is 0 Å². The Kier molecular flexibility index (Phi) is 5.35. The highest BCUT2D eigenvalue weighted by atomic mass is 16.5. The normalized spacial score (nSPS) is 11.4. The number of aromatic nitrogens is 2. The van der Waals surface area contributed by atoms with Crippen molar-refractivity contribution < 1.29 is 9.26 Å². The third-order valence-electron chi connectivity index (χ3n) is 3.12. The van der Waals surface area contributed by atoms with E-state index in [0.29, 0.717) is 18.3 Å². The topological polar surface area (TPSA) is 75.8 Å². The molecule has 0 spiro atoms. The molecular formula is C15H21N5O2. The lowest BCUT2D eigenvalue weighted by atomic mass is 10.2. The maximum absolute atomic E-state index is 5.16. The highest BCUT2D eigenvalue weighted by Crippen LogP contribution is 2.12. The second kappa shape index (κ2) is 7.44. The van der Waals surface area contributed by atoms with Gasteiger partial charge < -0.3 is 19.5 Å². The predicted octanol–water partition coefficient (Wildman–Crippen LogP) is 1.59. The van der Waals surface area contributed by atoms with E-state index in [1.807, 2.05) is 36.2 Å². The highest BCUT2D eigenvalue weighted by Gasteiger charge is 2.09. The number of aliphatic imine (C=N–C) groups is 1. The number of rotatable bonds is 5. The molecule has 2 rings (SSSR count). The molecule has 118 valence electrons. The minimum atomic E-state index is 0.445. The zero-order chi connectivity index (χ0) is 15.9. The second-order valence-corrected chi connectivity index (χ2v) is 4.84. The fraction of sp³-hybridized carbons (Fsp3) is 0.400. The van der Waals surface area contributed by atoms with Crippen LogP contribution in [0, 0.1) is 6.92 Å². The smallest absolute Gasteiger partial charge is 0.246 e. The zero-order valence-electron chi connectivity index (χ0n) is 13.3. The summed E-state index contributed by atoms with van der Waals surface area (Å²) in [5.41, 5.74) is 1.17. The molecule has 0 unspecified atom stereocenters. The van der Waals surface area contributed by atoms with E-state index in [4.69, 9.17) is 9.26 Å². The maximum Gasteiger partial charge on any atom is 0.246 e. The first-order valence-corrected chi connectivity index (χ1v) is 6.96. The van der Waals surface area contributed by atoms with Gasteiger partial charge in [-0.05, 0) is 24.6 Å². The summed E-state index contributed by atoms with van der Waals surface area (Å²) in [5, 5.41) is 6.95. The van der Waals surface area contributed by atoms with Gasteiger partial charge in [-0.15, -0.1) is 0 Å². The number of ether oxygens (including phenoxy) is 1. The number of nitrogens with one attached hydrogen (secondary N) is 1. The van der Waals surface area contributed by atoms with Crippen LogP contribution in [-0.2, 0) is 13.1 Å². The van der Waals surface area contributed by atoms with Gasteiger partial charge in [0.25, 0.3) is 0 Å². The largest absolute Gasteiger partial charge is 0.497 e. The van der Waals surface area contributed by atoms with Crippen molar-refractivity contribution in [3.05, 3.63) is 41.5 Å². The van der Waals surface area contributed by atoms with Gasteiger partial charge in [0.15, 0.2) is 11.8 Å². The molecule has 7 nitrogen and oxygen atoms in total. The van der Waals surface area contributed by atoms with Crippen molar-refractivity contribution in [1.82, 2.24) is 20.4 Å². The Bertz CT molecular complexity index is 621. The molecule has 1 N–H and O–H groups in total. The van der Waals surface area contributed by atoms with Crippen LogP contribution < -0.4 is 10.1 Å². The van der Waals surface area contributed by atoms with Gasteiger partial charge in [-0.1, -0.05) is 17.3 Å². The third kappa shape index (κ3) is 4.21. The second-order valence-electron chi connectivity index (χ2n) is 4.84. The van der Waals surface area contributed by atoms with Crippen LogP contribution in [0.4, 0.5) is 0 Å². The molecule has 0 saturated heterocycles. The molecule has 0 fully saturated rings. The average Bonchev–Trinajstić information content (AvgIpc) is 2.94. The summed E-state index contributed by atoms with van der Waals surface area (Å²) < 4.78 is 10.2. The first-order valence-electron chi connectivity index (χ1n) is 6.96. The van der Waals surface area contributed by atoms with Crippen molar-refractivity contribution in [1.29, 1.82) is 0 Å². The third-order valence-corrected chi connectivity index (χ3v) is 3.12. The summed E-state index contributed by atoms with van der Waals surface area (Å²) in [6.07, 6.45) is 0. The lowest BCUT2D eigenvalue weighted by Gasteiger charge is -2.21. The molecule has 0 bridgehead atoms. The first-order chi connectivity index (χ1) is 10.6. The molecule has 7 heteroatoms. The van der Waals surface area contributed by atoms with E-state index in [1.54, 1.807) is 21.1 Å². The summed E-state index contributed by atoms with van der Waals surface area (Å²) in [5.74, 6) is 2.77. The van der Waals surface area contributed by atoms with Crippen LogP contribution in [0.15, 0.2) is 33.8 Å². The standard InChI is InChI=1S/C15H21N5O2/c1-11-18-14(22-19-11)9-17-15(16-2)20(3)10-12-5-7-13(21-4)8-6-12/h5-8H,9-10H2,1-4H3,(H,16,17). The summed E-state index contributed by atoms with van der Waals surface area (Å²) in [6.45, 7) is 2.96. The number of nitrogens with zero attached hydrogens (tertiary/aromatic N) is 4. The number of methoxy groups -OCH3 is 1. The molecule has 0 atom stereocenters. The number of hydrogen-bond donors (Lipinski definition) is 1. The number of guanidine groups is 1. The van der Waals surface area contributed by atoms with Crippen molar-refractivity contribution in [3.63, 3.8) is 0 Å². The molecule has 0 aliphatic heterocycles. The van der Waals surface area contributed by atoms with E-state index in [-0.39, 0.29) is 0 Å². The Morgan fingerprint density at radius 2 is 2.09 bits per heavy atom. The quantitative estimate of drug-likeness (QED) is 0.668. The predicted molar refractivity (Wildman–Crippen MR) is 83.7 cm³/mol. The Balaban J connectivity index is 1.91. The number of hydrogen-bond acceptors (Lipinski definition) is 5. The zero-order valence-corrected chi connectivity index (χ0v) is 13.3. The van der Waals surface area contributed by atoms with Crippen LogP contribution in [0.2, 0.25) is 0 Å². The minimum Gasteiger partial charge on any atom is -0.497 e. The first kappa shape index (κ1) is 15.8. The Hall–Kier alpha value is -2.57. The Morgan fingerprint density at radius 1 is 1.36 bits per heavy atom. The van der Waals surface area contributed by atoms with Gasteiger partial charge in [-0.25, -0.2) is 0 Å². The van der Waals surface area contributed by atoms with Gasteiger partial charge in [0.2, 0.25) is 5.89 Å². The van der Waals surface area contributed by atoms with Gasteiger partial charge in [-0.3, -0.25) is 4.99 Å². The fourth-order valence-corrected chi connectivity index (χ4v) is 2.03. The van der Waals surface area contributed by atoms with E-state index in [9.17, 15) is 0 Å². The van der Waals surface area contributed by atoms with Crippen molar-refractivity contribution in [2.24, 2.45) is 4.99 Å². The van der Waals surface area contributed by atoms with Crippen LogP contribution in [0.5, 0.6) is 5.75 Å². The molecular weight excluding hydrogens is 282 g/mol. The van der Waals surface area contributed by atoms with E-state index in [2.05, 4.69) is 20.4 Å². The Morgan fingerprint density at radius 3 is 2.64 bits per heavy atom. The molecule has 2 aromatic rings. The average molecular weight is 303 g/mol. The van der Waals surface area contributed by atoms with E-state index >= 15 is 0 Å². The lowest BCUT2D eigenvalue weighted by Crippen LogP contribution is -2.38. The highest BCUT2D eigenvalue weighted by molar-refractivity contribution is 5.79. The number of aryl methyl sites for hydroxylation is 1. The van der Waals surface area contributed by atoms with Crippen molar-refractivity contribution in [2.45, 2.75) is 20.0 Å². The molecule has 1 heterocycles. The Labute approximate surface area is 130 Å². The van der Waals surface area contributed by atoms with Gasteiger partial charge in [0.05, 0.1) is 13.7 Å². The van der Waals surface area contributed by atoms with E-state index in [0.717, 1.165) is 18.3 Å². The van der Waals surface area contributed by atoms with Gasteiger partial charge in [0.1, 0.15) is 5.75 Å². The van der Waals surface area contributed by atoms with Crippen LogP contribution in [0.1, 0.15) is 17.3 Å². The fourth-order valence-electron chi connectivity index (χ4n) is 2.03. The van der Waals surface area contributed by atoms with E-state index < -0.39 is 0 Å². The van der Waals surface area contributed by atoms with Crippen LogP contribution in [0.25, 0.3) is 0 Å². The van der Waals surface area contributed by atoms with Gasteiger partial charge >= 0.3 is 0 Å². The molecule has 0 aliphatic rings. The maximum atomic E-state index is 5.16. The molecule has 0 amide bonds. The van der Waals surface area contributed by atoms with E-state index in [1.165, 1.54) is 5.56 Å². The summed E-state index contributed by atoms with van der Waals surface area (Å²) >= 11 is 0. The van der Waals surface area contributed by atoms with Gasteiger partial charge in [-0.2, -0.15) is 4.98 Å². The lowest BCUT2D eigenvalue weighted by molar-refractivity contribution is 0.368. The molecule has 1 aromatic carbocycles. The SMILES string of the molecule is CN=C(NCc1nc(C)no1)N(C)Cc1ccc(OC)cc1. The number of benzene rings is 1. The molecule has 0 aliphatic carbocycles. The summed E-state index contributed by atoms with van der Waals surface area (Å²) in [4.78, 5) is 10.4. The monoisotopic (exact) mass is 303 g/mol. The van der Waals surface area contributed by atoms with Crippen molar-refractivity contribution >= 4 is 5.96 Å². The van der Waals surface area contributed by atoms with Crippen LogP contribution >= 0.6 is 0 Å². The minimum absolute atomic E-state index is 0.445. The molecule has 22 heavy (non-hydrogen) atoms. The molecule has 0 saturated carbocycles. The van der Waals surface area contributed by atoms with Crippen molar-refractivity contribution in [3.8, 4) is 5.75 Å². The van der Waals surface area contributed by atoms with Crippen LogP contribution in [-0.4, -0.2) is 42.2 Å². The summed E-state index contributed by atoms with van der Waals surface area (Å²) in [6, 6.07) is 7.95. The molecule has 1 aromatic heterocycles. The summed E-state index contributed by atoms with van der Waals surface area (Å²) in [7, 11) is 5.37. The molecule has 0 radical (unpaired) electrons. The van der Waals surface area contributed by atoms with Gasteiger partial charge in [0, 0.05) is 20.6 Å².